The molecule has 0 amide bonds. The Hall–Kier alpha value is -1.42. The van der Waals surface area contributed by atoms with Crippen LogP contribution in [0.4, 0.5) is 5.69 Å². The quantitative estimate of drug-likeness (QED) is 0.637. The molecule has 15 heavy (non-hydrogen) atoms. The van der Waals surface area contributed by atoms with E-state index in [1.54, 1.807) is 11.8 Å². The van der Waals surface area contributed by atoms with Crippen molar-refractivity contribution in [3.05, 3.63) is 42.5 Å². The van der Waals surface area contributed by atoms with Crippen molar-refractivity contribution in [2.75, 3.05) is 5.73 Å². The molecule has 3 nitrogen and oxygen atoms in total. The predicted molar refractivity (Wildman–Crippen MR) is 63.7 cm³/mol. The standard InChI is InChI=1S/C11H13N3S/c1-9-13-6-7-14(9)8-15-11-4-2-10(12)3-5-11/h2-7H,8,12H2,1H3. The van der Waals surface area contributed by atoms with Crippen molar-refractivity contribution in [2.24, 2.45) is 0 Å². The summed E-state index contributed by atoms with van der Waals surface area (Å²) in [5.41, 5.74) is 6.42. The maximum atomic E-state index is 5.62. The molecule has 2 aromatic rings. The van der Waals surface area contributed by atoms with Gasteiger partial charge in [-0.3, -0.25) is 0 Å². The Labute approximate surface area is 93.3 Å². The number of imidazole rings is 1. The molecule has 2 rings (SSSR count). The number of rotatable bonds is 3. The smallest absolute Gasteiger partial charge is 0.106 e. The Morgan fingerprint density at radius 2 is 2.07 bits per heavy atom. The lowest BCUT2D eigenvalue weighted by Gasteiger charge is -2.04. The topological polar surface area (TPSA) is 43.8 Å². The monoisotopic (exact) mass is 219 g/mol. The van der Waals surface area contributed by atoms with Crippen LogP contribution in [0.15, 0.2) is 41.6 Å². The second-order valence-corrected chi connectivity index (χ2v) is 4.30. The molecule has 0 atom stereocenters. The maximum absolute atomic E-state index is 5.62. The lowest BCUT2D eigenvalue weighted by Crippen LogP contribution is -1.95. The van der Waals surface area contributed by atoms with Gasteiger partial charge in [0, 0.05) is 23.0 Å². The van der Waals surface area contributed by atoms with Crippen LogP contribution in [-0.4, -0.2) is 9.55 Å². The van der Waals surface area contributed by atoms with Crippen LogP contribution in [0.5, 0.6) is 0 Å². The molecule has 2 N–H and O–H groups in total. The number of nitrogen functional groups attached to an aromatic ring is 1. The van der Waals surface area contributed by atoms with Gasteiger partial charge in [0.15, 0.2) is 0 Å². The zero-order valence-electron chi connectivity index (χ0n) is 8.55. The third kappa shape index (κ3) is 2.53. The Kier molecular flexibility index (Phi) is 2.97. The SMILES string of the molecule is Cc1nccn1CSc1ccc(N)cc1. The number of hydrogen-bond donors (Lipinski definition) is 1. The number of nitrogens with zero attached hydrogens (tertiary/aromatic N) is 2. The molecular formula is C11H13N3S. The molecule has 1 aromatic heterocycles. The zero-order valence-corrected chi connectivity index (χ0v) is 9.37. The van der Waals surface area contributed by atoms with Gasteiger partial charge in [0.25, 0.3) is 0 Å². The highest BCUT2D eigenvalue weighted by molar-refractivity contribution is 7.98. The average molecular weight is 219 g/mol. The summed E-state index contributed by atoms with van der Waals surface area (Å²) in [6.45, 7) is 2.00. The summed E-state index contributed by atoms with van der Waals surface area (Å²) >= 11 is 1.77. The van der Waals surface area contributed by atoms with Crippen LogP contribution >= 0.6 is 11.8 Å². The summed E-state index contributed by atoms with van der Waals surface area (Å²) in [5.74, 6) is 1.92. The van der Waals surface area contributed by atoms with Gasteiger partial charge in [-0.05, 0) is 31.2 Å². The highest BCUT2D eigenvalue weighted by Gasteiger charge is 1.98. The molecule has 1 heterocycles. The summed E-state index contributed by atoms with van der Waals surface area (Å²) in [6.07, 6.45) is 3.80. The van der Waals surface area contributed by atoms with E-state index in [4.69, 9.17) is 5.73 Å². The van der Waals surface area contributed by atoms with Gasteiger partial charge < -0.3 is 10.3 Å². The Morgan fingerprint density at radius 3 is 2.67 bits per heavy atom. The minimum atomic E-state index is 0.804. The number of benzene rings is 1. The van der Waals surface area contributed by atoms with Crippen molar-refractivity contribution in [1.82, 2.24) is 9.55 Å². The molecule has 0 radical (unpaired) electrons. The normalized spacial score (nSPS) is 10.5. The third-order valence-corrected chi connectivity index (χ3v) is 3.19. The molecule has 0 bridgehead atoms. The highest BCUT2D eigenvalue weighted by Crippen LogP contribution is 2.21. The Morgan fingerprint density at radius 1 is 1.33 bits per heavy atom. The van der Waals surface area contributed by atoms with E-state index < -0.39 is 0 Å². The van der Waals surface area contributed by atoms with Crippen LogP contribution in [0.1, 0.15) is 5.82 Å². The number of aryl methyl sites for hydroxylation is 1. The molecule has 1 aromatic carbocycles. The van der Waals surface area contributed by atoms with Gasteiger partial charge in [0.05, 0.1) is 5.88 Å². The fourth-order valence-corrected chi connectivity index (χ4v) is 2.14. The van der Waals surface area contributed by atoms with E-state index in [1.807, 2.05) is 43.6 Å². The first-order chi connectivity index (χ1) is 7.25. The van der Waals surface area contributed by atoms with E-state index >= 15 is 0 Å². The van der Waals surface area contributed by atoms with E-state index in [9.17, 15) is 0 Å². The molecule has 0 unspecified atom stereocenters. The molecule has 0 aliphatic heterocycles. The van der Waals surface area contributed by atoms with Crippen LogP contribution in [0.25, 0.3) is 0 Å². The average Bonchev–Trinajstić information content (AvgIpc) is 2.63. The first-order valence-corrected chi connectivity index (χ1v) is 5.70. The second-order valence-electron chi connectivity index (χ2n) is 3.29. The summed E-state index contributed by atoms with van der Waals surface area (Å²) in [6, 6.07) is 7.91. The van der Waals surface area contributed by atoms with Gasteiger partial charge in [-0.15, -0.1) is 11.8 Å². The van der Waals surface area contributed by atoms with Crippen LogP contribution in [-0.2, 0) is 5.88 Å². The summed E-state index contributed by atoms with van der Waals surface area (Å²) < 4.78 is 2.11. The van der Waals surface area contributed by atoms with Gasteiger partial charge in [-0.1, -0.05) is 0 Å². The molecule has 4 heteroatoms. The number of nitrogens with two attached hydrogens (primary N) is 1. The Bertz CT molecular complexity index is 433. The van der Waals surface area contributed by atoms with E-state index in [0.717, 1.165) is 17.4 Å². The number of thioether (sulfide) groups is 1. The molecule has 0 fully saturated rings. The predicted octanol–water partition coefficient (Wildman–Crippen LogP) is 2.52. The van der Waals surface area contributed by atoms with Gasteiger partial charge >= 0.3 is 0 Å². The second kappa shape index (κ2) is 4.40. The molecule has 78 valence electrons. The van der Waals surface area contributed by atoms with Crippen LogP contribution in [0, 0.1) is 6.92 Å². The molecule has 0 aliphatic rings. The summed E-state index contributed by atoms with van der Waals surface area (Å²) in [5, 5.41) is 0. The summed E-state index contributed by atoms with van der Waals surface area (Å²) in [7, 11) is 0. The first-order valence-electron chi connectivity index (χ1n) is 4.72. The number of hydrogen-bond acceptors (Lipinski definition) is 3. The highest BCUT2D eigenvalue weighted by atomic mass is 32.2. The van der Waals surface area contributed by atoms with Crippen LogP contribution < -0.4 is 5.73 Å². The van der Waals surface area contributed by atoms with Gasteiger partial charge in [-0.25, -0.2) is 4.98 Å². The van der Waals surface area contributed by atoms with Crippen LogP contribution in [0.2, 0.25) is 0 Å². The fourth-order valence-electron chi connectivity index (χ4n) is 1.25. The van der Waals surface area contributed by atoms with Gasteiger partial charge in [-0.2, -0.15) is 0 Å². The third-order valence-electron chi connectivity index (χ3n) is 2.17. The van der Waals surface area contributed by atoms with Crippen molar-refractivity contribution in [2.45, 2.75) is 17.7 Å². The van der Waals surface area contributed by atoms with Crippen molar-refractivity contribution < 1.29 is 0 Å². The number of aromatic nitrogens is 2. The van der Waals surface area contributed by atoms with Crippen molar-refractivity contribution in [3.63, 3.8) is 0 Å². The minimum Gasteiger partial charge on any atom is -0.399 e. The van der Waals surface area contributed by atoms with Crippen LogP contribution in [0.3, 0.4) is 0 Å². The number of anilines is 1. The molecule has 0 spiro atoms. The van der Waals surface area contributed by atoms with E-state index in [-0.39, 0.29) is 0 Å². The first kappa shape index (κ1) is 10.1. The van der Waals surface area contributed by atoms with Gasteiger partial charge in [0.1, 0.15) is 5.82 Å². The van der Waals surface area contributed by atoms with E-state index in [0.29, 0.717) is 0 Å². The van der Waals surface area contributed by atoms with Crippen molar-refractivity contribution >= 4 is 17.4 Å². The molecular weight excluding hydrogens is 206 g/mol. The lowest BCUT2D eigenvalue weighted by atomic mass is 10.3. The lowest BCUT2D eigenvalue weighted by molar-refractivity contribution is 0.838. The van der Waals surface area contributed by atoms with Gasteiger partial charge in [0.2, 0.25) is 0 Å². The molecule has 0 saturated heterocycles. The largest absolute Gasteiger partial charge is 0.399 e. The van der Waals surface area contributed by atoms with E-state index in [1.165, 1.54) is 4.90 Å². The van der Waals surface area contributed by atoms with Crippen molar-refractivity contribution in [3.8, 4) is 0 Å². The fraction of sp³-hybridized carbons (Fsp3) is 0.182. The maximum Gasteiger partial charge on any atom is 0.106 e. The Balaban J connectivity index is 1.99. The minimum absolute atomic E-state index is 0.804. The zero-order chi connectivity index (χ0) is 10.7. The van der Waals surface area contributed by atoms with Crippen molar-refractivity contribution in [1.29, 1.82) is 0 Å². The molecule has 0 aliphatic carbocycles. The van der Waals surface area contributed by atoms with E-state index in [2.05, 4.69) is 9.55 Å². The summed E-state index contributed by atoms with van der Waals surface area (Å²) in [4.78, 5) is 5.39. The molecule has 0 saturated carbocycles.